The molecule has 3 aliphatic carbocycles. The lowest BCUT2D eigenvalue weighted by Crippen LogP contribution is -2.53. The van der Waals surface area contributed by atoms with E-state index >= 15 is 0 Å². The number of hydrogen-bond acceptors (Lipinski definition) is 1. The van der Waals surface area contributed by atoms with Crippen molar-refractivity contribution in [3.63, 3.8) is 0 Å². The Morgan fingerprint density at radius 2 is 2.05 bits per heavy atom. The van der Waals surface area contributed by atoms with Crippen LogP contribution in [0, 0.1) is 11.8 Å². The van der Waals surface area contributed by atoms with Crippen LogP contribution in [-0.2, 0) is 11.8 Å². The van der Waals surface area contributed by atoms with Crippen LogP contribution in [-0.4, -0.2) is 24.0 Å². The molecule has 0 amide bonds. The second-order valence-corrected chi connectivity index (χ2v) is 9.18. The molecule has 1 aromatic rings. The summed E-state index contributed by atoms with van der Waals surface area (Å²) < 4.78 is 0. The molecule has 0 saturated carbocycles. The highest BCUT2D eigenvalue weighted by Crippen LogP contribution is 2.63. The molecule has 2 fully saturated rings. The summed E-state index contributed by atoms with van der Waals surface area (Å²) in [6, 6.07) is 5.93. The first-order valence-corrected chi connectivity index (χ1v) is 9.58. The van der Waals surface area contributed by atoms with E-state index in [1.54, 1.807) is 11.1 Å². The fraction of sp³-hybridized carbons (Fsp3) is 0.714. The van der Waals surface area contributed by atoms with Gasteiger partial charge in [0, 0.05) is 24.5 Å². The summed E-state index contributed by atoms with van der Waals surface area (Å²) in [6.07, 6.45) is 7.15. The Morgan fingerprint density at radius 1 is 1.14 bits per heavy atom. The molecule has 22 heavy (non-hydrogen) atoms. The zero-order valence-corrected chi connectivity index (χ0v) is 13.9. The van der Waals surface area contributed by atoms with Gasteiger partial charge in [0.1, 0.15) is 0 Å². The first kappa shape index (κ1) is 12.6. The van der Waals surface area contributed by atoms with Crippen LogP contribution in [0.2, 0.25) is 0 Å². The number of fused-ring (bicyclic) bond motifs is 2. The molecule has 2 unspecified atom stereocenters. The minimum absolute atomic E-state index is 0.469. The molecule has 2 bridgehead atoms. The number of rotatable bonds is 0. The molecule has 2 saturated heterocycles. The molecule has 2 heterocycles. The van der Waals surface area contributed by atoms with E-state index in [1.807, 2.05) is 11.1 Å². The van der Waals surface area contributed by atoms with E-state index in [2.05, 4.69) is 30.9 Å². The number of nitrogens with zero attached hydrogens (tertiary/aromatic N) is 1. The second-order valence-electron chi connectivity index (χ2n) is 9.18. The fourth-order valence-electron chi connectivity index (χ4n) is 7.45. The number of piperidine rings is 1. The molecule has 0 aromatic heterocycles. The largest absolute Gasteiger partial charge is 0.299 e. The van der Waals surface area contributed by atoms with Crippen molar-refractivity contribution >= 4 is 0 Å². The van der Waals surface area contributed by atoms with E-state index in [0.717, 1.165) is 29.7 Å². The molecule has 0 radical (unpaired) electrons. The normalized spacial score (nSPS) is 47.6. The van der Waals surface area contributed by atoms with Gasteiger partial charge in [-0.15, -0.1) is 0 Å². The Kier molecular flexibility index (Phi) is 2.18. The molecule has 2 aliphatic heterocycles. The van der Waals surface area contributed by atoms with Crippen molar-refractivity contribution in [3.05, 3.63) is 34.4 Å². The van der Waals surface area contributed by atoms with Crippen LogP contribution in [0.25, 0.3) is 0 Å². The molecule has 1 nitrogen and oxygen atoms in total. The molecule has 6 atom stereocenters. The average molecular weight is 293 g/mol. The minimum Gasteiger partial charge on any atom is -0.299 e. The molecular weight excluding hydrogens is 266 g/mol. The van der Waals surface area contributed by atoms with E-state index in [1.165, 1.54) is 45.2 Å². The zero-order valence-electron chi connectivity index (χ0n) is 13.9. The summed E-state index contributed by atoms with van der Waals surface area (Å²) in [6.45, 7) is 7.90. The molecular formula is C21H27N. The Hall–Kier alpha value is -0.820. The van der Waals surface area contributed by atoms with Gasteiger partial charge in [0.15, 0.2) is 0 Å². The lowest BCUT2D eigenvalue weighted by atomic mass is 9.57. The van der Waals surface area contributed by atoms with Crippen molar-refractivity contribution in [2.75, 3.05) is 13.1 Å². The maximum Gasteiger partial charge on any atom is 0.0199 e. The smallest absolute Gasteiger partial charge is 0.0199 e. The number of hydrogen-bond donors (Lipinski definition) is 0. The van der Waals surface area contributed by atoms with Gasteiger partial charge in [-0.1, -0.05) is 26.0 Å². The predicted molar refractivity (Wildman–Crippen MR) is 89.5 cm³/mol. The third kappa shape index (κ3) is 1.22. The summed E-state index contributed by atoms with van der Waals surface area (Å²) in [5.74, 6) is 3.50. The van der Waals surface area contributed by atoms with Crippen molar-refractivity contribution in [2.45, 2.75) is 69.2 Å². The topological polar surface area (TPSA) is 3.24 Å². The zero-order chi connectivity index (χ0) is 14.6. The van der Waals surface area contributed by atoms with Crippen molar-refractivity contribution in [1.29, 1.82) is 0 Å². The third-order valence-electron chi connectivity index (χ3n) is 8.46. The summed E-state index contributed by atoms with van der Waals surface area (Å²) in [5.41, 5.74) is 7.71. The fourth-order valence-corrected chi connectivity index (χ4v) is 7.45. The summed E-state index contributed by atoms with van der Waals surface area (Å²) >= 11 is 0. The van der Waals surface area contributed by atoms with Gasteiger partial charge in [0.2, 0.25) is 0 Å². The van der Waals surface area contributed by atoms with Gasteiger partial charge in [-0.05, 0) is 78.0 Å². The quantitative estimate of drug-likeness (QED) is 0.693. The van der Waals surface area contributed by atoms with Crippen LogP contribution in [0.3, 0.4) is 0 Å². The Bertz CT molecular complexity index is 677. The van der Waals surface area contributed by atoms with Crippen molar-refractivity contribution in [1.82, 2.24) is 4.90 Å². The van der Waals surface area contributed by atoms with Crippen molar-refractivity contribution < 1.29 is 0 Å². The van der Waals surface area contributed by atoms with Gasteiger partial charge in [-0.2, -0.15) is 0 Å². The molecule has 1 aromatic carbocycles. The van der Waals surface area contributed by atoms with Gasteiger partial charge in [-0.3, -0.25) is 4.90 Å². The van der Waals surface area contributed by atoms with E-state index in [-0.39, 0.29) is 0 Å². The Morgan fingerprint density at radius 3 is 2.95 bits per heavy atom. The summed E-state index contributed by atoms with van der Waals surface area (Å²) in [5, 5.41) is 0. The first-order chi connectivity index (χ1) is 10.7. The highest BCUT2D eigenvalue weighted by Gasteiger charge is 2.60. The highest BCUT2D eigenvalue weighted by molar-refractivity contribution is 5.56. The van der Waals surface area contributed by atoms with Crippen LogP contribution in [0.4, 0.5) is 0 Å². The SMILES string of the molecule is C[C@@H]1CN2C[C@H]3CC[C@H]4CCc5ccc6c(c54)[C@@]3(C)C2CC61. The number of benzene rings is 1. The van der Waals surface area contributed by atoms with Crippen molar-refractivity contribution in [2.24, 2.45) is 11.8 Å². The van der Waals surface area contributed by atoms with Crippen molar-refractivity contribution in [3.8, 4) is 0 Å². The lowest BCUT2D eigenvalue weighted by Gasteiger charge is -2.52. The van der Waals surface area contributed by atoms with Crippen LogP contribution < -0.4 is 0 Å². The van der Waals surface area contributed by atoms with Gasteiger partial charge in [0.05, 0.1) is 0 Å². The van der Waals surface area contributed by atoms with Gasteiger partial charge in [0.25, 0.3) is 0 Å². The average Bonchev–Trinajstić information content (AvgIpc) is 3.00. The van der Waals surface area contributed by atoms with E-state index in [4.69, 9.17) is 0 Å². The predicted octanol–water partition coefficient (Wildman–Crippen LogP) is 4.21. The Labute approximate surface area is 134 Å². The van der Waals surface area contributed by atoms with E-state index in [9.17, 15) is 0 Å². The van der Waals surface area contributed by atoms with E-state index < -0.39 is 0 Å². The van der Waals surface area contributed by atoms with Crippen LogP contribution in [0.1, 0.15) is 73.6 Å². The lowest BCUT2D eigenvalue weighted by molar-refractivity contribution is 0.0929. The first-order valence-electron chi connectivity index (χ1n) is 9.58. The molecule has 0 spiro atoms. The van der Waals surface area contributed by atoms with Gasteiger partial charge < -0.3 is 0 Å². The molecule has 1 heteroatoms. The van der Waals surface area contributed by atoms with Crippen LogP contribution in [0.15, 0.2) is 12.1 Å². The highest BCUT2D eigenvalue weighted by atomic mass is 15.2. The third-order valence-corrected chi connectivity index (χ3v) is 8.46. The number of aryl methyl sites for hydroxylation is 1. The van der Waals surface area contributed by atoms with Gasteiger partial charge >= 0.3 is 0 Å². The molecule has 5 aliphatic rings. The van der Waals surface area contributed by atoms with Crippen LogP contribution in [0.5, 0.6) is 0 Å². The minimum atomic E-state index is 0.469. The summed E-state index contributed by atoms with van der Waals surface area (Å²) in [7, 11) is 0. The molecule has 116 valence electrons. The maximum absolute atomic E-state index is 2.89. The molecule has 0 N–H and O–H groups in total. The van der Waals surface area contributed by atoms with Crippen LogP contribution >= 0.6 is 0 Å². The standard InChI is InChI=1S/C21H27N/c1-12-10-22-11-15-7-5-13-3-4-14-6-8-16-17(12)9-18(22)21(15,2)20(16)19(13)14/h6,8,12-13,15,17-18H,3-5,7,9-11H2,1-2H3/t12-,13-,15-,17?,18?,21-/m1/s1. The maximum atomic E-state index is 2.89. The second kappa shape index (κ2) is 3.80. The monoisotopic (exact) mass is 293 g/mol. The molecule has 6 rings (SSSR count). The summed E-state index contributed by atoms with van der Waals surface area (Å²) in [4.78, 5) is 2.89. The Balaban J connectivity index is 1.73. The van der Waals surface area contributed by atoms with Gasteiger partial charge in [-0.25, -0.2) is 0 Å². The van der Waals surface area contributed by atoms with E-state index in [0.29, 0.717) is 5.41 Å².